The summed E-state index contributed by atoms with van der Waals surface area (Å²) < 4.78 is 42.2. The Bertz CT molecular complexity index is 1130. The lowest BCUT2D eigenvalue weighted by molar-refractivity contribution is -0.183. The lowest BCUT2D eigenvalue weighted by atomic mass is 9.81. The summed E-state index contributed by atoms with van der Waals surface area (Å²) in [5, 5.41) is 11.5. The van der Waals surface area contributed by atoms with Crippen LogP contribution < -0.4 is 10.6 Å². The predicted molar refractivity (Wildman–Crippen MR) is 132 cm³/mol. The maximum Gasteiger partial charge on any atom is 0.391 e. The van der Waals surface area contributed by atoms with Crippen LogP contribution in [0.5, 0.6) is 0 Å². The summed E-state index contributed by atoms with van der Waals surface area (Å²) in [5.41, 5.74) is 2.88. The molecular formula is C25H30BrF3N6. The molecule has 0 spiro atoms. The average Bonchev–Trinajstić information content (AvgIpc) is 3.24. The van der Waals surface area contributed by atoms with Crippen LogP contribution in [0.15, 0.2) is 41.3 Å². The molecule has 0 aliphatic heterocycles. The van der Waals surface area contributed by atoms with Gasteiger partial charge in [-0.15, -0.1) is 0 Å². The highest BCUT2D eigenvalue weighted by molar-refractivity contribution is 9.10. The van der Waals surface area contributed by atoms with Gasteiger partial charge in [-0.25, -0.2) is 4.98 Å². The highest BCUT2D eigenvalue weighted by atomic mass is 79.9. The number of rotatable bonds is 6. The molecule has 0 bridgehead atoms. The molecule has 0 saturated heterocycles. The Morgan fingerprint density at radius 2 is 1.89 bits per heavy atom. The first-order chi connectivity index (χ1) is 16.9. The van der Waals surface area contributed by atoms with Crippen LogP contribution in [0.2, 0.25) is 0 Å². The van der Waals surface area contributed by atoms with Crippen LogP contribution >= 0.6 is 15.9 Å². The first-order valence-corrected chi connectivity index (χ1v) is 13.2. The maximum atomic E-state index is 13.2. The molecule has 3 aromatic rings. The van der Waals surface area contributed by atoms with Crippen molar-refractivity contribution < 1.29 is 13.2 Å². The van der Waals surface area contributed by atoms with E-state index in [1.54, 1.807) is 16.9 Å². The van der Waals surface area contributed by atoms with Crippen LogP contribution in [-0.4, -0.2) is 37.8 Å². The highest BCUT2D eigenvalue weighted by Gasteiger charge is 2.42. The molecule has 10 heteroatoms. The zero-order valence-corrected chi connectivity index (χ0v) is 21.0. The molecule has 2 saturated carbocycles. The molecule has 0 aromatic carbocycles. The van der Waals surface area contributed by atoms with Crippen LogP contribution in [0.3, 0.4) is 0 Å². The smallest absolute Gasteiger partial charge is 0.366 e. The minimum atomic E-state index is -4.08. The second kappa shape index (κ2) is 10.4. The van der Waals surface area contributed by atoms with E-state index in [9.17, 15) is 13.2 Å². The van der Waals surface area contributed by atoms with E-state index < -0.39 is 12.1 Å². The van der Waals surface area contributed by atoms with Gasteiger partial charge in [-0.05, 0) is 72.5 Å². The van der Waals surface area contributed by atoms with Crippen LogP contribution in [0.4, 0.5) is 19.0 Å². The largest absolute Gasteiger partial charge is 0.391 e. The Labute approximate surface area is 211 Å². The van der Waals surface area contributed by atoms with Gasteiger partial charge in [-0.1, -0.05) is 12.5 Å². The van der Waals surface area contributed by atoms with Crippen LogP contribution in [0, 0.1) is 5.92 Å². The van der Waals surface area contributed by atoms with Crippen molar-refractivity contribution in [2.45, 2.75) is 82.1 Å². The lowest BCUT2D eigenvalue weighted by Crippen LogP contribution is -2.44. The van der Waals surface area contributed by atoms with Crippen molar-refractivity contribution in [1.29, 1.82) is 0 Å². The number of alkyl halides is 3. The quantitative estimate of drug-likeness (QED) is 0.380. The normalized spacial score (nSPS) is 25.6. The third-order valence-electron chi connectivity index (χ3n) is 7.40. The van der Waals surface area contributed by atoms with Crippen molar-refractivity contribution in [3.05, 3.63) is 52.5 Å². The summed E-state index contributed by atoms with van der Waals surface area (Å²) in [6.45, 7) is 0.626. The van der Waals surface area contributed by atoms with E-state index in [1.165, 1.54) is 0 Å². The SMILES string of the molecule is FC(F)(F)C1CCCC(NC2CCC(c3cc(NCc4cccnc4)n4ncc(Br)c4n3)CC2)C1. The number of fused-ring (bicyclic) bond motifs is 1. The molecule has 3 aromatic heterocycles. The lowest BCUT2D eigenvalue weighted by Gasteiger charge is -2.36. The van der Waals surface area contributed by atoms with E-state index in [-0.39, 0.29) is 24.9 Å². The highest BCUT2D eigenvalue weighted by Crippen LogP contribution is 2.39. The molecule has 6 nitrogen and oxygen atoms in total. The molecule has 2 N–H and O–H groups in total. The molecule has 0 amide bonds. The summed E-state index contributed by atoms with van der Waals surface area (Å²) in [5.74, 6) is 0.0287. The summed E-state index contributed by atoms with van der Waals surface area (Å²) in [6, 6.07) is 6.26. The number of pyridine rings is 1. The zero-order valence-electron chi connectivity index (χ0n) is 19.4. The first kappa shape index (κ1) is 24.5. The molecule has 5 rings (SSSR count). The molecule has 35 heavy (non-hydrogen) atoms. The Morgan fingerprint density at radius 3 is 2.63 bits per heavy atom. The second-order valence-corrected chi connectivity index (χ2v) is 10.7. The van der Waals surface area contributed by atoms with E-state index in [1.807, 2.05) is 18.3 Å². The molecule has 0 radical (unpaired) electrons. The van der Waals surface area contributed by atoms with Crippen molar-refractivity contribution in [3.63, 3.8) is 0 Å². The zero-order chi connectivity index (χ0) is 24.4. The Balaban J connectivity index is 1.24. The van der Waals surface area contributed by atoms with Crippen molar-refractivity contribution in [1.82, 2.24) is 24.9 Å². The molecule has 2 unspecified atom stereocenters. The molecule has 2 fully saturated rings. The van der Waals surface area contributed by atoms with E-state index >= 15 is 0 Å². The number of hydrogen-bond donors (Lipinski definition) is 2. The number of halogens is 4. The van der Waals surface area contributed by atoms with Gasteiger partial charge >= 0.3 is 6.18 Å². The predicted octanol–water partition coefficient (Wildman–Crippen LogP) is 6.24. The van der Waals surface area contributed by atoms with Gasteiger partial charge in [-0.2, -0.15) is 22.8 Å². The molecular weight excluding hydrogens is 521 g/mol. The molecule has 188 valence electrons. The van der Waals surface area contributed by atoms with E-state index in [4.69, 9.17) is 4.98 Å². The molecule has 2 atom stereocenters. The van der Waals surface area contributed by atoms with Crippen molar-refractivity contribution >= 4 is 27.4 Å². The van der Waals surface area contributed by atoms with Crippen molar-refractivity contribution in [2.24, 2.45) is 5.92 Å². The van der Waals surface area contributed by atoms with Gasteiger partial charge in [0.15, 0.2) is 5.65 Å². The van der Waals surface area contributed by atoms with Gasteiger partial charge in [0.05, 0.1) is 16.6 Å². The van der Waals surface area contributed by atoms with E-state index in [0.29, 0.717) is 18.9 Å². The first-order valence-electron chi connectivity index (χ1n) is 12.4. The fraction of sp³-hybridized carbons (Fsp3) is 0.560. The van der Waals surface area contributed by atoms with Crippen molar-refractivity contribution in [3.8, 4) is 0 Å². The van der Waals surface area contributed by atoms with Crippen molar-refractivity contribution in [2.75, 3.05) is 5.32 Å². The molecule has 2 aliphatic carbocycles. The van der Waals surface area contributed by atoms with Crippen LogP contribution in [0.25, 0.3) is 5.65 Å². The number of anilines is 1. The molecule has 3 heterocycles. The van der Waals surface area contributed by atoms with E-state index in [0.717, 1.165) is 59.3 Å². The standard InChI is InChI=1S/C25H30BrF3N6/c26-21-15-32-35-23(31-14-16-3-2-10-30-13-16)12-22(34-24(21)35)17-6-8-19(9-7-17)33-20-5-1-4-18(11-20)25(27,28)29/h2-3,10,12-13,15,17-20,31,33H,1,4-9,11,14H2. The second-order valence-electron chi connectivity index (χ2n) is 9.83. The average molecular weight is 551 g/mol. The third-order valence-corrected chi connectivity index (χ3v) is 7.96. The van der Waals surface area contributed by atoms with Gasteiger partial charge < -0.3 is 10.6 Å². The van der Waals surface area contributed by atoms with Gasteiger partial charge in [0.1, 0.15) is 5.82 Å². The summed E-state index contributed by atoms with van der Waals surface area (Å²) in [6.07, 6.45) is 7.05. The fourth-order valence-electron chi connectivity index (χ4n) is 5.51. The van der Waals surface area contributed by atoms with E-state index in [2.05, 4.69) is 42.7 Å². The Hall–Kier alpha value is -2.20. The van der Waals surface area contributed by atoms with Gasteiger partial charge in [0, 0.05) is 48.7 Å². The Morgan fingerprint density at radius 1 is 1.06 bits per heavy atom. The van der Waals surface area contributed by atoms with Gasteiger partial charge in [0.2, 0.25) is 0 Å². The van der Waals surface area contributed by atoms with Gasteiger partial charge in [0.25, 0.3) is 0 Å². The topological polar surface area (TPSA) is 67.1 Å². The maximum absolute atomic E-state index is 13.2. The number of nitrogens with zero attached hydrogens (tertiary/aromatic N) is 4. The number of hydrogen-bond acceptors (Lipinski definition) is 5. The third kappa shape index (κ3) is 5.80. The monoisotopic (exact) mass is 550 g/mol. The Kier molecular flexibility index (Phi) is 7.29. The molecule has 2 aliphatic rings. The van der Waals surface area contributed by atoms with Gasteiger partial charge in [-0.3, -0.25) is 4.98 Å². The minimum absolute atomic E-state index is 0.0302. The summed E-state index contributed by atoms with van der Waals surface area (Å²) in [7, 11) is 0. The number of aromatic nitrogens is 4. The minimum Gasteiger partial charge on any atom is -0.366 e. The van der Waals surface area contributed by atoms with Crippen LogP contribution in [0.1, 0.15) is 68.5 Å². The summed E-state index contributed by atoms with van der Waals surface area (Å²) in [4.78, 5) is 9.08. The number of nitrogens with one attached hydrogen (secondary N) is 2. The summed E-state index contributed by atoms with van der Waals surface area (Å²) >= 11 is 3.57. The van der Waals surface area contributed by atoms with Crippen LogP contribution in [-0.2, 0) is 6.54 Å². The fourth-order valence-corrected chi connectivity index (χ4v) is 5.86.